The molecule has 0 bridgehead atoms. The van der Waals surface area contributed by atoms with E-state index < -0.39 is 11.7 Å². The average Bonchev–Trinajstić information content (AvgIpc) is 2.76. The third kappa shape index (κ3) is 3.08. The molecule has 0 aliphatic rings. The molecule has 1 heterocycles. The molecule has 0 fully saturated rings. The van der Waals surface area contributed by atoms with E-state index in [1.165, 1.54) is 23.5 Å². The van der Waals surface area contributed by atoms with Gasteiger partial charge in [-0.2, -0.15) is 13.2 Å². The zero-order valence-corrected chi connectivity index (χ0v) is 10.2. The minimum Gasteiger partial charge on any atom is -0.326 e. The Morgan fingerprint density at radius 3 is 2.33 bits per heavy atom. The van der Waals surface area contributed by atoms with Crippen molar-refractivity contribution < 1.29 is 13.2 Å². The summed E-state index contributed by atoms with van der Waals surface area (Å²) in [4.78, 5) is 5.14. The standard InChI is InChI=1S/C12H11F3N2S/c13-12(14,15)9-3-1-8(2-4-9)5-11-17-7-10(6-16)18-11/h1-4,7H,5-6,16H2. The minimum atomic E-state index is -4.29. The number of hydrogen-bond acceptors (Lipinski definition) is 3. The molecule has 18 heavy (non-hydrogen) atoms. The van der Waals surface area contributed by atoms with Crippen molar-refractivity contribution in [3.05, 3.63) is 51.5 Å². The van der Waals surface area contributed by atoms with Crippen molar-refractivity contribution in [1.82, 2.24) is 4.98 Å². The van der Waals surface area contributed by atoms with Crippen LogP contribution >= 0.6 is 11.3 Å². The first-order chi connectivity index (χ1) is 8.49. The van der Waals surface area contributed by atoms with Gasteiger partial charge >= 0.3 is 6.18 Å². The van der Waals surface area contributed by atoms with Crippen molar-refractivity contribution in [1.29, 1.82) is 0 Å². The van der Waals surface area contributed by atoms with Gasteiger partial charge in [-0.15, -0.1) is 11.3 Å². The van der Waals surface area contributed by atoms with Gasteiger partial charge in [0.05, 0.1) is 10.6 Å². The Balaban J connectivity index is 2.11. The van der Waals surface area contributed by atoms with E-state index >= 15 is 0 Å². The summed E-state index contributed by atoms with van der Waals surface area (Å²) in [5, 5.41) is 0.857. The second-order valence-electron chi connectivity index (χ2n) is 3.80. The van der Waals surface area contributed by atoms with Crippen LogP contribution in [0.2, 0.25) is 0 Å². The van der Waals surface area contributed by atoms with Gasteiger partial charge in [-0.05, 0) is 17.7 Å². The number of alkyl halides is 3. The summed E-state index contributed by atoms with van der Waals surface area (Å²) in [6.45, 7) is 0.435. The van der Waals surface area contributed by atoms with Gasteiger partial charge in [0, 0.05) is 24.0 Å². The molecule has 1 aromatic heterocycles. The van der Waals surface area contributed by atoms with Crippen molar-refractivity contribution in [3.8, 4) is 0 Å². The highest BCUT2D eigenvalue weighted by Crippen LogP contribution is 2.29. The quantitative estimate of drug-likeness (QED) is 0.931. The fourth-order valence-corrected chi connectivity index (χ4v) is 2.35. The number of nitrogens with two attached hydrogens (primary N) is 1. The zero-order chi connectivity index (χ0) is 13.2. The smallest absolute Gasteiger partial charge is 0.326 e. The molecule has 0 amide bonds. The highest BCUT2D eigenvalue weighted by molar-refractivity contribution is 7.11. The average molecular weight is 272 g/mol. The van der Waals surface area contributed by atoms with Crippen LogP contribution in [-0.2, 0) is 19.1 Å². The number of nitrogens with zero attached hydrogens (tertiary/aromatic N) is 1. The molecule has 2 rings (SSSR count). The van der Waals surface area contributed by atoms with Gasteiger partial charge in [0.25, 0.3) is 0 Å². The van der Waals surface area contributed by atoms with E-state index in [0.29, 0.717) is 13.0 Å². The van der Waals surface area contributed by atoms with E-state index in [9.17, 15) is 13.2 Å². The number of thiazole rings is 1. The molecule has 0 saturated heterocycles. The summed E-state index contributed by atoms with van der Waals surface area (Å²) < 4.78 is 37.1. The van der Waals surface area contributed by atoms with Crippen LogP contribution in [0, 0.1) is 0 Å². The Morgan fingerprint density at radius 1 is 1.17 bits per heavy atom. The monoisotopic (exact) mass is 272 g/mol. The summed E-state index contributed by atoms with van der Waals surface area (Å²) in [6, 6.07) is 5.14. The van der Waals surface area contributed by atoms with Crippen LogP contribution in [0.15, 0.2) is 30.5 Å². The van der Waals surface area contributed by atoms with Crippen LogP contribution in [0.3, 0.4) is 0 Å². The number of halogens is 3. The first kappa shape index (κ1) is 13.0. The van der Waals surface area contributed by atoms with E-state index in [0.717, 1.165) is 27.6 Å². The number of benzene rings is 1. The van der Waals surface area contributed by atoms with Gasteiger partial charge in [0.1, 0.15) is 0 Å². The lowest BCUT2D eigenvalue weighted by Gasteiger charge is -2.06. The van der Waals surface area contributed by atoms with Crippen molar-refractivity contribution in [2.45, 2.75) is 19.1 Å². The van der Waals surface area contributed by atoms with E-state index in [1.807, 2.05) is 0 Å². The summed E-state index contributed by atoms with van der Waals surface area (Å²) in [6.07, 6.45) is -2.06. The van der Waals surface area contributed by atoms with Gasteiger partial charge < -0.3 is 5.73 Å². The predicted molar refractivity (Wildman–Crippen MR) is 64.3 cm³/mol. The van der Waals surface area contributed by atoms with E-state index in [-0.39, 0.29) is 0 Å². The second kappa shape index (κ2) is 5.07. The van der Waals surface area contributed by atoms with E-state index in [1.54, 1.807) is 6.20 Å². The van der Waals surface area contributed by atoms with Gasteiger partial charge in [-0.25, -0.2) is 4.98 Å². The van der Waals surface area contributed by atoms with Gasteiger partial charge in [-0.3, -0.25) is 0 Å². The van der Waals surface area contributed by atoms with Gasteiger partial charge in [-0.1, -0.05) is 12.1 Å². The lowest BCUT2D eigenvalue weighted by molar-refractivity contribution is -0.137. The van der Waals surface area contributed by atoms with Gasteiger partial charge in [0.2, 0.25) is 0 Å². The Hall–Kier alpha value is -1.40. The minimum absolute atomic E-state index is 0.435. The highest BCUT2D eigenvalue weighted by Gasteiger charge is 2.29. The Morgan fingerprint density at radius 2 is 1.83 bits per heavy atom. The second-order valence-corrected chi connectivity index (χ2v) is 5.00. The predicted octanol–water partition coefficient (Wildman–Crippen LogP) is 3.21. The molecule has 0 aliphatic carbocycles. The van der Waals surface area contributed by atoms with Crippen molar-refractivity contribution in [2.75, 3.05) is 0 Å². The molecule has 2 aromatic rings. The maximum absolute atomic E-state index is 12.4. The lowest BCUT2D eigenvalue weighted by atomic mass is 10.1. The molecule has 0 radical (unpaired) electrons. The molecule has 1 aromatic carbocycles. The zero-order valence-electron chi connectivity index (χ0n) is 9.37. The topological polar surface area (TPSA) is 38.9 Å². The van der Waals surface area contributed by atoms with Crippen LogP contribution in [0.4, 0.5) is 13.2 Å². The third-order valence-electron chi connectivity index (χ3n) is 2.44. The first-order valence-electron chi connectivity index (χ1n) is 5.29. The van der Waals surface area contributed by atoms with Crippen LogP contribution < -0.4 is 5.73 Å². The van der Waals surface area contributed by atoms with Crippen LogP contribution in [0.25, 0.3) is 0 Å². The van der Waals surface area contributed by atoms with E-state index in [2.05, 4.69) is 4.98 Å². The Labute approximate surface area is 106 Å². The van der Waals surface area contributed by atoms with Crippen molar-refractivity contribution >= 4 is 11.3 Å². The molecule has 2 N–H and O–H groups in total. The maximum Gasteiger partial charge on any atom is 0.416 e. The fraction of sp³-hybridized carbons (Fsp3) is 0.250. The number of rotatable bonds is 3. The van der Waals surface area contributed by atoms with Crippen LogP contribution in [0.5, 0.6) is 0 Å². The van der Waals surface area contributed by atoms with Crippen LogP contribution in [-0.4, -0.2) is 4.98 Å². The Bertz CT molecular complexity index is 517. The molecular weight excluding hydrogens is 261 g/mol. The number of aromatic nitrogens is 1. The largest absolute Gasteiger partial charge is 0.416 e. The summed E-state index contributed by atoms with van der Waals surface area (Å²) in [7, 11) is 0. The van der Waals surface area contributed by atoms with Gasteiger partial charge in [0.15, 0.2) is 0 Å². The SMILES string of the molecule is NCc1cnc(Cc2ccc(C(F)(F)F)cc2)s1. The molecule has 6 heteroatoms. The van der Waals surface area contributed by atoms with E-state index in [4.69, 9.17) is 5.73 Å². The maximum atomic E-state index is 12.4. The molecular formula is C12H11F3N2S. The molecule has 0 atom stereocenters. The normalized spacial score (nSPS) is 11.8. The third-order valence-corrected chi connectivity index (χ3v) is 3.46. The van der Waals surface area contributed by atoms with Crippen molar-refractivity contribution in [2.24, 2.45) is 5.73 Å². The molecule has 96 valence electrons. The summed E-state index contributed by atoms with van der Waals surface area (Å²) in [5.74, 6) is 0. The Kier molecular flexibility index (Phi) is 3.68. The molecule has 0 saturated carbocycles. The molecule has 2 nitrogen and oxygen atoms in total. The molecule has 0 aliphatic heterocycles. The van der Waals surface area contributed by atoms with Crippen molar-refractivity contribution in [3.63, 3.8) is 0 Å². The number of hydrogen-bond donors (Lipinski definition) is 1. The first-order valence-corrected chi connectivity index (χ1v) is 6.10. The highest BCUT2D eigenvalue weighted by atomic mass is 32.1. The lowest BCUT2D eigenvalue weighted by Crippen LogP contribution is -2.04. The molecule has 0 spiro atoms. The summed E-state index contributed by atoms with van der Waals surface area (Å²) >= 11 is 1.48. The van der Waals surface area contributed by atoms with Crippen LogP contribution in [0.1, 0.15) is 21.0 Å². The fourth-order valence-electron chi connectivity index (χ4n) is 1.51. The summed E-state index contributed by atoms with van der Waals surface area (Å²) in [5.41, 5.74) is 5.64. The molecule has 0 unspecified atom stereocenters.